The first-order valence-corrected chi connectivity index (χ1v) is 10.4. The molecule has 1 saturated heterocycles. The summed E-state index contributed by atoms with van der Waals surface area (Å²) in [6.45, 7) is 1.42. The van der Waals surface area contributed by atoms with Crippen molar-refractivity contribution in [2.75, 3.05) is 26.3 Å². The van der Waals surface area contributed by atoms with Gasteiger partial charge >= 0.3 is 0 Å². The first kappa shape index (κ1) is 20.0. The lowest BCUT2D eigenvalue weighted by Gasteiger charge is -2.26. The van der Waals surface area contributed by atoms with Gasteiger partial charge in [0.25, 0.3) is 0 Å². The Labute approximate surface area is 168 Å². The summed E-state index contributed by atoms with van der Waals surface area (Å²) in [6.07, 6.45) is 2.99. The summed E-state index contributed by atoms with van der Waals surface area (Å²) in [5.41, 5.74) is 1.05. The molecular formula is C19H17Cl2NO4S. The number of carbonyl (C=O) groups excluding carboxylic acids is 1. The Morgan fingerprint density at radius 2 is 1.70 bits per heavy atom. The van der Waals surface area contributed by atoms with Crippen LogP contribution in [0.2, 0.25) is 10.0 Å². The van der Waals surface area contributed by atoms with E-state index in [-0.39, 0.29) is 10.7 Å². The smallest absolute Gasteiger partial charge is 0.243 e. The topological polar surface area (TPSA) is 63.7 Å². The zero-order valence-electron chi connectivity index (χ0n) is 14.3. The zero-order valence-corrected chi connectivity index (χ0v) is 16.6. The molecule has 1 aliphatic heterocycles. The molecule has 3 rings (SSSR count). The van der Waals surface area contributed by atoms with Crippen molar-refractivity contribution in [3.63, 3.8) is 0 Å². The number of sulfonamides is 1. The van der Waals surface area contributed by atoms with Gasteiger partial charge in [-0.2, -0.15) is 4.31 Å². The Morgan fingerprint density at radius 1 is 1.04 bits per heavy atom. The average molecular weight is 426 g/mol. The van der Waals surface area contributed by atoms with Gasteiger partial charge in [-0.25, -0.2) is 8.42 Å². The minimum Gasteiger partial charge on any atom is -0.379 e. The predicted octanol–water partition coefficient (Wildman–Crippen LogP) is 3.91. The third kappa shape index (κ3) is 4.78. The molecule has 142 valence electrons. The van der Waals surface area contributed by atoms with Crippen LogP contribution in [-0.4, -0.2) is 44.8 Å². The van der Waals surface area contributed by atoms with Crippen LogP contribution in [0.15, 0.2) is 53.4 Å². The first-order valence-electron chi connectivity index (χ1n) is 8.23. The van der Waals surface area contributed by atoms with E-state index >= 15 is 0 Å². The summed E-state index contributed by atoms with van der Waals surface area (Å²) >= 11 is 11.9. The molecule has 0 saturated carbocycles. The van der Waals surface area contributed by atoms with E-state index in [1.807, 2.05) is 0 Å². The fourth-order valence-electron chi connectivity index (χ4n) is 2.63. The van der Waals surface area contributed by atoms with Crippen molar-refractivity contribution in [1.29, 1.82) is 0 Å². The van der Waals surface area contributed by atoms with Gasteiger partial charge < -0.3 is 4.74 Å². The predicted molar refractivity (Wildman–Crippen MR) is 106 cm³/mol. The monoisotopic (exact) mass is 425 g/mol. The maximum absolute atomic E-state index is 12.6. The summed E-state index contributed by atoms with van der Waals surface area (Å²) in [5.74, 6) is -0.253. The van der Waals surface area contributed by atoms with E-state index in [2.05, 4.69) is 0 Å². The number of allylic oxidation sites excluding steroid dienone is 1. The molecule has 5 nitrogen and oxygen atoms in total. The summed E-state index contributed by atoms with van der Waals surface area (Å²) in [6, 6.07) is 10.9. The molecule has 1 aliphatic rings. The highest BCUT2D eigenvalue weighted by atomic mass is 35.5. The molecule has 27 heavy (non-hydrogen) atoms. The number of morpholine rings is 1. The highest BCUT2D eigenvalue weighted by Crippen LogP contribution is 2.22. The highest BCUT2D eigenvalue weighted by molar-refractivity contribution is 7.89. The lowest BCUT2D eigenvalue weighted by molar-refractivity contribution is 0.0730. The summed E-state index contributed by atoms with van der Waals surface area (Å²) in [7, 11) is -3.58. The van der Waals surface area contributed by atoms with Crippen molar-refractivity contribution in [3.8, 4) is 0 Å². The fraction of sp³-hybridized carbons (Fsp3) is 0.211. The molecule has 0 N–H and O–H groups in total. The van der Waals surface area contributed by atoms with E-state index in [0.717, 1.165) is 0 Å². The van der Waals surface area contributed by atoms with Crippen molar-refractivity contribution < 1.29 is 17.9 Å². The van der Waals surface area contributed by atoms with E-state index < -0.39 is 10.0 Å². The number of rotatable bonds is 5. The molecule has 0 spiro atoms. The number of hydrogen-bond donors (Lipinski definition) is 0. The van der Waals surface area contributed by atoms with Crippen molar-refractivity contribution >= 4 is 45.1 Å². The summed E-state index contributed by atoms with van der Waals surface area (Å²) in [5, 5.41) is 0.957. The third-order valence-corrected chi connectivity index (χ3v) is 6.60. The molecule has 0 aromatic heterocycles. The molecule has 0 unspecified atom stereocenters. The summed E-state index contributed by atoms with van der Waals surface area (Å²) < 4.78 is 31.7. The molecule has 1 fully saturated rings. The molecule has 0 amide bonds. The molecule has 2 aromatic carbocycles. The number of halogens is 2. The van der Waals surface area contributed by atoms with Crippen LogP contribution in [-0.2, 0) is 14.8 Å². The van der Waals surface area contributed by atoms with Gasteiger partial charge in [0.2, 0.25) is 10.0 Å². The minimum atomic E-state index is -3.58. The number of carbonyl (C=O) groups is 1. The maximum atomic E-state index is 12.6. The van der Waals surface area contributed by atoms with E-state index in [9.17, 15) is 13.2 Å². The number of benzene rings is 2. The molecule has 2 aromatic rings. The molecule has 0 radical (unpaired) electrons. The van der Waals surface area contributed by atoms with Crippen molar-refractivity contribution in [2.45, 2.75) is 4.90 Å². The van der Waals surface area contributed by atoms with Gasteiger partial charge in [0, 0.05) is 28.7 Å². The van der Waals surface area contributed by atoms with Gasteiger partial charge in [0.05, 0.1) is 18.1 Å². The third-order valence-electron chi connectivity index (χ3n) is 4.12. The van der Waals surface area contributed by atoms with E-state index in [1.54, 1.807) is 24.3 Å². The van der Waals surface area contributed by atoms with Crippen LogP contribution in [0.25, 0.3) is 6.08 Å². The lowest BCUT2D eigenvalue weighted by atomic mass is 10.1. The van der Waals surface area contributed by atoms with Crippen LogP contribution in [0.5, 0.6) is 0 Å². The number of nitrogens with zero attached hydrogens (tertiary/aromatic N) is 1. The van der Waals surface area contributed by atoms with Gasteiger partial charge in [-0.3, -0.25) is 4.79 Å². The second-order valence-corrected chi connectivity index (χ2v) is 8.69. The van der Waals surface area contributed by atoms with Gasteiger partial charge in [-0.15, -0.1) is 0 Å². The molecule has 1 heterocycles. The number of hydrogen-bond acceptors (Lipinski definition) is 4. The molecule has 0 atom stereocenters. The van der Waals surface area contributed by atoms with Crippen LogP contribution in [0.4, 0.5) is 0 Å². The van der Waals surface area contributed by atoms with Crippen molar-refractivity contribution in [3.05, 3.63) is 69.7 Å². The van der Waals surface area contributed by atoms with Gasteiger partial charge in [0.1, 0.15) is 0 Å². The number of ether oxygens (including phenoxy) is 1. The van der Waals surface area contributed by atoms with Gasteiger partial charge in [-0.05, 0) is 54.1 Å². The maximum Gasteiger partial charge on any atom is 0.243 e. The van der Waals surface area contributed by atoms with Crippen LogP contribution < -0.4 is 0 Å². The standard InChI is InChI=1S/C19H17Cl2NO4S/c20-16-5-1-14(18(21)13-16)4-8-19(23)15-2-6-17(7-3-15)27(24,25)22-9-11-26-12-10-22/h1-8,13H,9-12H2/b8-4+. The normalized spacial score (nSPS) is 15.9. The van der Waals surface area contributed by atoms with Crippen molar-refractivity contribution in [1.82, 2.24) is 4.31 Å². The lowest BCUT2D eigenvalue weighted by Crippen LogP contribution is -2.40. The number of ketones is 1. The first-order chi connectivity index (χ1) is 12.9. The second kappa shape index (κ2) is 8.54. The quantitative estimate of drug-likeness (QED) is 0.537. The largest absolute Gasteiger partial charge is 0.379 e. The van der Waals surface area contributed by atoms with Crippen LogP contribution in [0, 0.1) is 0 Å². The average Bonchev–Trinajstić information content (AvgIpc) is 2.68. The molecule has 0 bridgehead atoms. The Hall–Kier alpha value is -1.70. The zero-order chi connectivity index (χ0) is 19.4. The van der Waals surface area contributed by atoms with E-state index in [1.165, 1.54) is 34.6 Å². The Balaban J connectivity index is 1.74. The van der Waals surface area contributed by atoms with E-state index in [0.29, 0.717) is 47.5 Å². The Kier molecular flexibility index (Phi) is 6.34. The van der Waals surface area contributed by atoms with Gasteiger partial charge in [-0.1, -0.05) is 29.3 Å². The highest BCUT2D eigenvalue weighted by Gasteiger charge is 2.26. The summed E-state index contributed by atoms with van der Waals surface area (Å²) in [4.78, 5) is 12.5. The van der Waals surface area contributed by atoms with E-state index in [4.69, 9.17) is 27.9 Å². The van der Waals surface area contributed by atoms with Crippen LogP contribution >= 0.6 is 23.2 Å². The Bertz CT molecular complexity index is 966. The molecule has 8 heteroatoms. The van der Waals surface area contributed by atoms with Crippen molar-refractivity contribution in [2.24, 2.45) is 0 Å². The Morgan fingerprint density at radius 3 is 2.33 bits per heavy atom. The van der Waals surface area contributed by atoms with Gasteiger partial charge in [0.15, 0.2) is 5.78 Å². The minimum absolute atomic E-state index is 0.158. The second-order valence-electron chi connectivity index (χ2n) is 5.90. The SMILES string of the molecule is O=C(/C=C/c1ccc(Cl)cc1Cl)c1ccc(S(=O)(=O)N2CCOCC2)cc1. The molecule has 0 aliphatic carbocycles. The fourth-order valence-corrected chi connectivity index (χ4v) is 4.51. The molecular weight excluding hydrogens is 409 g/mol. The van der Waals surface area contributed by atoms with Crippen LogP contribution in [0.1, 0.15) is 15.9 Å². The van der Waals surface area contributed by atoms with Crippen LogP contribution in [0.3, 0.4) is 0 Å².